The van der Waals surface area contributed by atoms with Gasteiger partial charge in [0, 0.05) is 45.6 Å². The first kappa shape index (κ1) is 50.6. The van der Waals surface area contributed by atoms with Gasteiger partial charge in [-0.2, -0.15) is 0 Å². The van der Waals surface area contributed by atoms with E-state index in [-0.39, 0.29) is 42.5 Å². The molecule has 0 spiro atoms. The molecule has 1 aromatic heterocycles. The van der Waals surface area contributed by atoms with Gasteiger partial charge in [-0.25, -0.2) is 4.79 Å². The summed E-state index contributed by atoms with van der Waals surface area (Å²) < 4.78 is 32.1. The highest BCUT2D eigenvalue weighted by molar-refractivity contribution is 6.00. The van der Waals surface area contributed by atoms with Crippen molar-refractivity contribution >= 4 is 40.3 Å². The molecule has 0 bridgehead atoms. The molecule has 17 heteroatoms. The number of fused-ring (bicyclic) bond motifs is 1. The molecule has 368 valence electrons. The second-order valence-electron chi connectivity index (χ2n) is 18.0. The number of aryl methyl sites for hydroxylation is 4. The molecular weight excluding hydrogens is 873 g/mol. The molecule has 7 rings (SSSR count). The van der Waals surface area contributed by atoms with Crippen LogP contribution in [0.1, 0.15) is 92.1 Å². The quantitative estimate of drug-likeness (QED) is 0.0365. The van der Waals surface area contributed by atoms with Gasteiger partial charge in [0.1, 0.15) is 12.3 Å². The number of anilines is 1. The van der Waals surface area contributed by atoms with Crippen molar-refractivity contribution in [2.75, 3.05) is 57.8 Å². The van der Waals surface area contributed by atoms with Crippen molar-refractivity contribution in [2.45, 2.75) is 121 Å². The SMILES string of the molecule is C[C@@H](OCc1ccc(CCCOCCOCCOCCOCCCc2ccc3c(c2)n(C)c(=O)n3C2CCC(=O)NC2=O)cc1)[C@H](CCC(N)=O)NC(O)[C@@H]1Cc2cccc3c2N1C(=O)CCC3. The summed E-state index contributed by atoms with van der Waals surface area (Å²) in [6.45, 7) is 6.35. The zero-order valence-corrected chi connectivity index (χ0v) is 39.5. The average Bonchev–Trinajstić information content (AvgIpc) is 3.77. The third kappa shape index (κ3) is 13.3. The van der Waals surface area contributed by atoms with Crippen molar-refractivity contribution in [3.8, 4) is 0 Å². The molecule has 68 heavy (non-hydrogen) atoms. The van der Waals surface area contributed by atoms with E-state index in [2.05, 4.69) is 28.8 Å². The number of piperidine rings is 1. The minimum atomic E-state index is -1.02. The van der Waals surface area contributed by atoms with E-state index in [1.54, 1.807) is 16.5 Å². The molecule has 2 unspecified atom stereocenters. The number of hydrogen-bond donors (Lipinski definition) is 4. The second-order valence-corrected chi connectivity index (χ2v) is 18.0. The summed E-state index contributed by atoms with van der Waals surface area (Å²) in [5, 5.41) is 17.2. The Labute approximate surface area is 397 Å². The van der Waals surface area contributed by atoms with Gasteiger partial charge in [-0.15, -0.1) is 0 Å². The Morgan fingerprint density at radius 3 is 2.12 bits per heavy atom. The summed E-state index contributed by atoms with van der Waals surface area (Å²) in [7, 11) is 1.69. The number of aromatic nitrogens is 2. The summed E-state index contributed by atoms with van der Waals surface area (Å²) in [6, 6.07) is 18.7. The van der Waals surface area contributed by atoms with Crippen molar-refractivity contribution < 1.29 is 48.0 Å². The lowest BCUT2D eigenvalue weighted by atomic mass is 10.0. The van der Waals surface area contributed by atoms with E-state index in [0.717, 1.165) is 72.0 Å². The van der Waals surface area contributed by atoms with Crippen LogP contribution in [0.25, 0.3) is 11.0 Å². The van der Waals surface area contributed by atoms with Crippen LogP contribution in [0, 0.1) is 0 Å². The second kappa shape index (κ2) is 24.8. The molecule has 3 aliphatic rings. The van der Waals surface area contributed by atoms with Gasteiger partial charge in [-0.1, -0.05) is 48.5 Å². The highest BCUT2D eigenvalue weighted by atomic mass is 16.6. The number of primary amides is 1. The van der Waals surface area contributed by atoms with E-state index in [1.807, 2.05) is 49.4 Å². The Hall–Kier alpha value is -5.27. The van der Waals surface area contributed by atoms with Gasteiger partial charge in [-0.3, -0.25) is 38.9 Å². The number of ether oxygens (including phenoxy) is 5. The predicted molar refractivity (Wildman–Crippen MR) is 255 cm³/mol. The number of para-hydroxylation sites is 1. The van der Waals surface area contributed by atoms with Crippen LogP contribution < -0.4 is 27.0 Å². The van der Waals surface area contributed by atoms with Crippen molar-refractivity contribution in [1.29, 1.82) is 0 Å². The lowest BCUT2D eigenvalue weighted by molar-refractivity contribution is -0.135. The van der Waals surface area contributed by atoms with Gasteiger partial charge in [0.05, 0.1) is 75.1 Å². The summed E-state index contributed by atoms with van der Waals surface area (Å²) in [6.07, 6.45) is 5.60. The van der Waals surface area contributed by atoms with Gasteiger partial charge in [0.15, 0.2) is 0 Å². The molecule has 4 aromatic rings. The first-order chi connectivity index (χ1) is 33.0. The highest BCUT2D eigenvalue weighted by Gasteiger charge is 2.41. The number of imide groups is 1. The number of nitrogens with two attached hydrogens (primary N) is 1. The highest BCUT2D eigenvalue weighted by Crippen LogP contribution is 2.39. The number of hydrogen-bond acceptors (Lipinski definition) is 12. The summed E-state index contributed by atoms with van der Waals surface area (Å²) in [5.74, 6) is -1.15. The van der Waals surface area contributed by atoms with E-state index in [1.165, 1.54) is 10.1 Å². The predicted octanol–water partition coefficient (Wildman–Crippen LogP) is 3.69. The number of carbonyl (C=O) groups is 4. The molecular formula is C51H68N6O11. The Balaban J connectivity index is 0.703. The fourth-order valence-electron chi connectivity index (χ4n) is 9.46. The number of amides is 4. The Morgan fingerprint density at radius 2 is 1.44 bits per heavy atom. The Kier molecular flexibility index (Phi) is 18.5. The maximum absolute atomic E-state index is 13.2. The maximum Gasteiger partial charge on any atom is 0.329 e. The van der Waals surface area contributed by atoms with Gasteiger partial charge < -0.3 is 39.4 Å². The van der Waals surface area contributed by atoms with Crippen LogP contribution in [-0.4, -0.2) is 115 Å². The van der Waals surface area contributed by atoms with E-state index < -0.39 is 30.1 Å². The topological polar surface area (TPSA) is 215 Å². The molecule has 0 radical (unpaired) electrons. The zero-order valence-electron chi connectivity index (χ0n) is 39.5. The van der Waals surface area contributed by atoms with Crippen LogP contribution in [0.4, 0.5) is 5.69 Å². The van der Waals surface area contributed by atoms with Crippen molar-refractivity contribution in [1.82, 2.24) is 19.8 Å². The van der Waals surface area contributed by atoms with Crippen LogP contribution in [-0.2, 0) is 82.2 Å². The molecule has 4 amide bonds. The van der Waals surface area contributed by atoms with Gasteiger partial charge in [0.2, 0.25) is 23.6 Å². The lowest BCUT2D eigenvalue weighted by Gasteiger charge is -2.34. The molecule has 3 aliphatic heterocycles. The molecule has 5 N–H and O–H groups in total. The largest absolute Gasteiger partial charge is 0.379 e. The van der Waals surface area contributed by atoms with Crippen LogP contribution in [0.3, 0.4) is 0 Å². The molecule has 5 atom stereocenters. The number of rotatable bonds is 28. The third-order valence-electron chi connectivity index (χ3n) is 13.2. The molecule has 0 aliphatic carbocycles. The first-order valence-corrected chi connectivity index (χ1v) is 24.2. The summed E-state index contributed by atoms with van der Waals surface area (Å²) in [4.78, 5) is 63.8. The van der Waals surface area contributed by atoms with Gasteiger partial charge in [-0.05, 0) is 105 Å². The van der Waals surface area contributed by atoms with Crippen LogP contribution in [0.15, 0.2) is 65.5 Å². The van der Waals surface area contributed by atoms with Crippen LogP contribution in [0.2, 0.25) is 0 Å². The standard InChI is InChI=1S/C51H68N6O11/c1-34(40(18-21-45(52)58)53-50(62)44-32-39-11-3-9-38-10-4-12-47(60)57(44)48(38)39)68-33-37-15-13-35(14-16-37)7-5-23-64-25-27-66-29-30-67-28-26-65-24-6-8-36-17-19-41-43(31-36)55(2)51(63)56(41)42-20-22-46(59)54-49(42)61/h3,9,11,13-17,19,31,34,40,42,44,50,53,62H,4-8,10,12,18,20-30,32-33H2,1-2H3,(H2,52,58)(H,54,59,61)/t34-,40+,42?,44+,50?/m1/s1. The minimum Gasteiger partial charge on any atom is -0.379 e. The average molecular weight is 941 g/mol. The number of aliphatic hydroxyl groups excluding tert-OH is 1. The fraction of sp³-hybridized carbons (Fsp3) is 0.549. The number of imidazole rings is 1. The van der Waals surface area contributed by atoms with E-state index in [0.29, 0.717) is 90.7 Å². The van der Waals surface area contributed by atoms with Crippen molar-refractivity contribution in [3.63, 3.8) is 0 Å². The Morgan fingerprint density at radius 1 is 0.809 bits per heavy atom. The molecule has 4 heterocycles. The third-order valence-corrected chi connectivity index (χ3v) is 13.2. The smallest absolute Gasteiger partial charge is 0.329 e. The fourth-order valence-corrected chi connectivity index (χ4v) is 9.46. The molecule has 0 saturated carbocycles. The van der Waals surface area contributed by atoms with Gasteiger partial charge in [0.25, 0.3) is 0 Å². The van der Waals surface area contributed by atoms with E-state index in [9.17, 15) is 29.1 Å². The number of nitrogens with zero attached hydrogens (tertiary/aromatic N) is 3. The maximum atomic E-state index is 13.2. The number of benzene rings is 3. The van der Waals surface area contributed by atoms with Crippen molar-refractivity contribution in [2.24, 2.45) is 12.8 Å². The molecule has 17 nitrogen and oxygen atoms in total. The van der Waals surface area contributed by atoms with Crippen molar-refractivity contribution in [3.05, 3.63) is 99.0 Å². The first-order valence-electron chi connectivity index (χ1n) is 24.2. The van der Waals surface area contributed by atoms with Crippen LogP contribution >= 0.6 is 0 Å². The van der Waals surface area contributed by atoms with Crippen LogP contribution in [0.5, 0.6) is 0 Å². The molecule has 1 saturated heterocycles. The molecule has 3 aromatic carbocycles. The number of aliphatic hydroxyl groups is 1. The number of nitrogens with one attached hydrogen (secondary N) is 2. The number of carbonyl (C=O) groups excluding carboxylic acids is 4. The zero-order chi connectivity index (χ0) is 48.0. The lowest BCUT2D eigenvalue weighted by Crippen LogP contribution is -2.56. The van der Waals surface area contributed by atoms with E-state index in [4.69, 9.17) is 29.4 Å². The molecule has 1 fully saturated rings. The monoisotopic (exact) mass is 940 g/mol. The van der Waals surface area contributed by atoms with Gasteiger partial charge >= 0.3 is 5.69 Å². The minimum absolute atomic E-state index is 0.0240. The normalized spacial score (nSPS) is 18.4. The summed E-state index contributed by atoms with van der Waals surface area (Å²) in [5.41, 5.74) is 13.1. The summed E-state index contributed by atoms with van der Waals surface area (Å²) >= 11 is 0. The van der Waals surface area contributed by atoms with E-state index >= 15 is 0 Å². The Bertz CT molecular complexity index is 2400.